The molecule has 1 aromatic rings. The van der Waals surface area contributed by atoms with Gasteiger partial charge in [0.2, 0.25) is 11.8 Å². The van der Waals surface area contributed by atoms with Crippen LogP contribution >= 0.6 is 0 Å². The Balaban J connectivity index is 1.59. The predicted octanol–water partition coefficient (Wildman–Crippen LogP) is -2.15. The number of benzene rings is 1. The smallest absolute Gasteiger partial charge is 0.407 e. The molecule has 2 heterocycles. The summed E-state index contributed by atoms with van der Waals surface area (Å²) in [4.78, 5) is 79.5. The van der Waals surface area contributed by atoms with Gasteiger partial charge in [0, 0.05) is 69.6 Å². The van der Waals surface area contributed by atoms with Crippen molar-refractivity contribution in [1.82, 2.24) is 30.2 Å². The quantitative estimate of drug-likeness (QED) is 0.123. The molecule has 0 spiro atoms. The van der Waals surface area contributed by atoms with Crippen LogP contribution in [0, 0.1) is 0 Å². The summed E-state index contributed by atoms with van der Waals surface area (Å²) in [6.45, 7) is 2.55. The number of aliphatic carboxylic acids is 1. The van der Waals surface area contributed by atoms with Gasteiger partial charge >= 0.3 is 18.0 Å². The number of nitrogens with zero attached hydrogens (tertiary/aromatic N) is 4. The molecule has 0 aliphatic carbocycles. The molecule has 0 bridgehead atoms. The van der Waals surface area contributed by atoms with Crippen molar-refractivity contribution in [1.29, 1.82) is 0 Å². The van der Waals surface area contributed by atoms with E-state index in [1.54, 1.807) is 33.8 Å². The van der Waals surface area contributed by atoms with E-state index in [2.05, 4.69) is 16.0 Å². The van der Waals surface area contributed by atoms with Crippen molar-refractivity contribution in [3.8, 4) is 0 Å². The highest BCUT2D eigenvalue weighted by Crippen LogP contribution is 2.16. The second-order valence-corrected chi connectivity index (χ2v) is 11.5. The number of anilines is 1. The van der Waals surface area contributed by atoms with Gasteiger partial charge in [0.15, 0.2) is 0 Å². The Morgan fingerprint density at radius 1 is 0.979 bits per heavy atom. The van der Waals surface area contributed by atoms with E-state index in [1.165, 1.54) is 12.1 Å². The highest BCUT2D eigenvalue weighted by atomic mass is 16.5. The number of nitrogens with one attached hydrogen (secondary N) is 3. The normalized spacial score (nSPS) is 20.8. The highest BCUT2D eigenvalue weighted by molar-refractivity contribution is 6.28. The lowest BCUT2D eigenvalue weighted by Crippen LogP contribution is -2.46. The number of carboxylic acid groups (broad SMARTS) is 2. The number of cyclic esters (lactones) is 1. The van der Waals surface area contributed by atoms with Gasteiger partial charge in [0.1, 0.15) is 6.10 Å². The van der Waals surface area contributed by atoms with Gasteiger partial charge in [0.05, 0.1) is 26.2 Å². The molecule has 3 rings (SSSR count). The Labute approximate surface area is 273 Å². The topological polar surface area (TPSA) is 221 Å². The van der Waals surface area contributed by atoms with Gasteiger partial charge in [0.25, 0.3) is 13.4 Å². The van der Waals surface area contributed by atoms with Gasteiger partial charge < -0.3 is 45.7 Å². The van der Waals surface area contributed by atoms with Gasteiger partial charge in [-0.1, -0.05) is 0 Å². The molecule has 2 fully saturated rings. The average molecular weight is 662 g/mol. The third kappa shape index (κ3) is 12.8. The highest BCUT2D eigenvalue weighted by Gasteiger charge is 2.29. The summed E-state index contributed by atoms with van der Waals surface area (Å²) in [6, 6.07) is 6.10. The van der Waals surface area contributed by atoms with Crippen LogP contribution in [0.1, 0.15) is 30.1 Å². The van der Waals surface area contributed by atoms with Gasteiger partial charge in [-0.15, -0.1) is 0 Å². The molecule has 6 N–H and O–H groups in total. The molecule has 0 radical (unpaired) electrons. The molecule has 0 saturated carbocycles. The van der Waals surface area contributed by atoms with E-state index in [0.717, 1.165) is 17.7 Å². The summed E-state index contributed by atoms with van der Waals surface area (Å²) >= 11 is 0. The number of hydrogen-bond donors (Lipinski definition) is 6. The Bertz CT molecular complexity index is 1250. The minimum Gasteiger partial charge on any atom is -0.480 e. The first-order chi connectivity index (χ1) is 22.4. The maximum absolute atomic E-state index is 13.0. The molecule has 17 nitrogen and oxygen atoms in total. The molecular weight excluding hydrogens is 617 g/mol. The lowest BCUT2D eigenvalue weighted by molar-refractivity contribution is -0.148. The van der Waals surface area contributed by atoms with E-state index in [1.807, 2.05) is 0 Å². The zero-order chi connectivity index (χ0) is 34.3. The van der Waals surface area contributed by atoms with Crippen molar-refractivity contribution >= 4 is 48.9 Å². The molecule has 258 valence electrons. The Kier molecular flexibility index (Phi) is 14.9. The van der Waals surface area contributed by atoms with Crippen LogP contribution < -0.4 is 16.0 Å². The van der Waals surface area contributed by atoms with Crippen molar-refractivity contribution in [3.05, 3.63) is 29.8 Å². The van der Waals surface area contributed by atoms with Crippen LogP contribution in [0.5, 0.6) is 0 Å². The predicted molar refractivity (Wildman–Crippen MR) is 170 cm³/mol. The van der Waals surface area contributed by atoms with Crippen LogP contribution in [0.25, 0.3) is 0 Å². The second kappa shape index (κ2) is 18.8. The second-order valence-electron chi connectivity index (χ2n) is 11.5. The van der Waals surface area contributed by atoms with Gasteiger partial charge in [-0.3, -0.25) is 33.8 Å². The lowest BCUT2D eigenvalue weighted by Gasteiger charge is -2.29. The summed E-state index contributed by atoms with van der Waals surface area (Å²) in [5, 5.41) is 36.5. The maximum Gasteiger partial charge on any atom is 0.407 e. The van der Waals surface area contributed by atoms with Crippen molar-refractivity contribution in [3.63, 3.8) is 0 Å². The molecule has 4 amide bonds. The standard InChI is InChI=1S/C29H44BN7O10/c1-20-17-35(12-11-34(19-26(40)41)13-14-36(29(44)45)10-8-31-16-27(42)47-20)18-24(38)33-22-6-4-21(5-7-22)28(43)32-15-25(39)37-9-2-3-23(37)30-46/h4-7,20,23,30-31,46H,2-3,8-19H2,1H3,(H,32,43)(H,33,38)(H,40,41)(H,44,45)/t20?,23-/m0/s1. The summed E-state index contributed by atoms with van der Waals surface area (Å²) in [5.74, 6) is -2.98. The van der Waals surface area contributed by atoms with Crippen LogP contribution in [-0.2, 0) is 23.9 Å². The Hall–Kier alpha value is -4.26. The number of carbonyl (C=O) groups excluding carboxylic acids is 4. The van der Waals surface area contributed by atoms with E-state index in [0.29, 0.717) is 12.2 Å². The number of hydrogen-bond acceptors (Lipinski definition) is 11. The molecule has 2 saturated heterocycles. The molecule has 47 heavy (non-hydrogen) atoms. The van der Waals surface area contributed by atoms with E-state index >= 15 is 0 Å². The van der Waals surface area contributed by atoms with Gasteiger partial charge in [-0.2, -0.15) is 0 Å². The van der Waals surface area contributed by atoms with Crippen molar-refractivity contribution in [2.24, 2.45) is 0 Å². The van der Waals surface area contributed by atoms with Gasteiger partial charge in [-0.05, 0) is 44.0 Å². The minimum atomic E-state index is -1.17. The first-order valence-corrected chi connectivity index (χ1v) is 15.6. The molecule has 2 atom stereocenters. The van der Waals surface area contributed by atoms with Gasteiger partial charge in [-0.25, -0.2) is 4.79 Å². The number of rotatable bonds is 9. The number of carbonyl (C=O) groups is 6. The first-order valence-electron chi connectivity index (χ1n) is 15.6. The molecule has 18 heteroatoms. The fourth-order valence-electron chi connectivity index (χ4n) is 5.44. The minimum absolute atomic E-state index is 0.0541. The number of likely N-dealkylation sites (tertiary alicyclic amines) is 1. The summed E-state index contributed by atoms with van der Waals surface area (Å²) in [6.07, 6.45) is -0.243. The molecule has 2 aliphatic rings. The molecule has 2 aliphatic heterocycles. The third-order valence-electron chi connectivity index (χ3n) is 7.83. The van der Waals surface area contributed by atoms with E-state index in [4.69, 9.17) is 4.74 Å². The van der Waals surface area contributed by atoms with E-state index in [-0.39, 0.29) is 96.9 Å². The Morgan fingerprint density at radius 3 is 2.36 bits per heavy atom. The van der Waals surface area contributed by atoms with Crippen LogP contribution in [0.3, 0.4) is 0 Å². The fourth-order valence-corrected chi connectivity index (χ4v) is 5.44. The molecular formula is C29H44BN7O10. The maximum atomic E-state index is 13.0. The third-order valence-corrected chi connectivity index (χ3v) is 7.83. The Morgan fingerprint density at radius 2 is 1.68 bits per heavy atom. The zero-order valence-corrected chi connectivity index (χ0v) is 26.6. The van der Waals surface area contributed by atoms with E-state index < -0.39 is 36.0 Å². The number of amides is 4. The zero-order valence-electron chi connectivity index (χ0n) is 26.6. The first kappa shape index (κ1) is 37.2. The average Bonchev–Trinajstić information content (AvgIpc) is 3.50. The molecule has 1 aromatic carbocycles. The van der Waals surface area contributed by atoms with Crippen LogP contribution in [0.15, 0.2) is 24.3 Å². The summed E-state index contributed by atoms with van der Waals surface area (Å²) in [7, 11) is -0.120. The lowest BCUT2D eigenvalue weighted by atomic mass is 9.86. The summed E-state index contributed by atoms with van der Waals surface area (Å²) < 4.78 is 5.45. The van der Waals surface area contributed by atoms with Crippen LogP contribution in [0.2, 0.25) is 0 Å². The summed E-state index contributed by atoms with van der Waals surface area (Å²) in [5.41, 5.74) is 0.697. The fraction of sp³-hybridized carbons (Fsp3) is 0.586. The SMILES string of the molecule is CC1CN(CC(=O)Nc2ccc(C(=O)NCC(=O)N3CCC[C@H]3BO)cc2)CCN(CC(=O)O)CCN(C(=O)O)CCNCC(=O)O1. The van der Waals surface area contributed by atoms with Crippen LogP contribution in [0.4, 0.5) is 10.5 Å². The van der Waals surface area contributed by atoms with Crippen molar-refractivity contribution < 1.29 is 48.7 Å². The van der Waals surface area contributed by atoms with Crippen molar-refractivity contribution in [2.45, 2.75) is 31.8 Å². The number of esters is 1. The molecule has 0 aromatic heterocycles. The largest absolute Gasteiger partial charge is 0.480 e. The van der Waals surface area contributed by atoms with Crippen molar-refractivity contribution in [2.75, 3.05) is 83.9 Å². The monoisotopic (exact) mass is 661 g/mol. The van der Waals surface area contributed by atoms with Crippen LogP contribution in [-0.4, -0.2) is 169 Å². The van der Waals surface area contributed by atoms with E-state index in [9.17, 15) is 44.0 Å². The molecule has 1 unspecified atom stereocenters. The number of carboxylic acids is 1. The number of ether oxygens (including phenoxy) is 1.